The minimum atomic E-state index is -0.0740. The molecule has 4 heteroatoms. The van der Waals surface area contributed by atoms with E-state index in [1.165, 1.54) is 0 Å². The Morgan fingerprint density at radius 2 is 2.06 bits per heavy atom. The van der Waals surface area contributed by atoms with Crippen molar-refractivity contribution in [2.75, 3.05) is 19.7 Å². The third-order valence-electron chi connectivity index (χ3n) is 2.47. The molecule has 1 aromatic rings. The van der Waals surface area contributed by atoms with Crippen molar-refractivity contribution in [2.24, 2.45) is 0 Å². The van der Waals surface area contributed by atoms with Gasteiger partial charge in [0.2, 0.25) is 0 Å². The second-order valence-corrected chi connectivity index (χ2v) is 4.03. The minimum absolute atomic E-state index is 0.0726. The summed E-state index contributed by atoms with van der Waals surface area (Å²) in [7, 11) is 0. The lowest BCUT2D eigenvalue weighted by Crippen LogP contribution is -2.29. The fourth-order valence-corrected chi connectivity index (χ4v) is 1.51. The van der Waals surface area contributed by atoms with Gasteiger partial charge in [-0.1, -0.05) is 32.0 Å². The summed E-state index contributed by atoms with van der Waals surface area (Å²) in [5, 5.41) is 6.03. The van der Waals surface area contributed by atoms with Gasteiger partial charge in [0.25, 0.3) is 5.91 Å². The maximum Gasteiger partial charge on any atom is 0.257 e. The first-order valence-corrected chi connectivity index (χ1v) is 6.46. The van der Waals surface area contributed by atoms with Crippen LogP contribution in [0.15, 0.2) is 24.3 Å². The predicted octanol–water partition coefficient (Wildman–Crippen LogP) is 1.70. The lowest BCUT2D eigenvalue weighted by Gasteiger charge is -2.11. The highest BCUT2D eigenvalue weighted by Crippen LogP contribution is 2.17. The van der Waals surface area contributed by atoms with Crippen LogP contribution in [0.4, 0.5) is 0 Å². The average Bonchev–Trinajstić information content (AvgIpc) is 2.41. The van der Waals surface area contributed by atoms with Crippen LogP contribution in [0.3, 0.4) is 0 Å². The van der Waals surface area contributed by atoms with Gasteiger partial charge < -0.3 is 15.4 Å². The molecule has 0 radical (unpaired) electrons. The summed E-state index contributed by atoms with van der Waals surface area (Å²) in [6.07, 6.45) is 0.933. The number of amides is 1. The van der Waals surface area contributed by atoms with E-state index in [-0.39, 0.29) is 12.5 Å². The van der Waals surface area contributed by atoms with Crippen LogP contribution < -0.4 is 15.4 Å². The lowest BCUT2D eigenvalue weighted by atomic mass is 10.2. The normalized spacial score (nSPS) is 10.1. The molecule has 0 aromatic heterocycles. The number of benzene rings is 1. The van der Waals surface area contributed by atoms with Crippen molar-refractivity contribution in [1.82, 2.24) is 10.6 Å². The summed E-state index contributed by atoms with van der Waals surface area (Å²) in [4.78, 5) is 11.4. The molecule has 0 unspecified atom stereocenters. The molecule has 1 aromatic carbocycles. The predicted molar refractivity (Wildman–Crippen MR) is 72.6 cm³/mol. The molecule has 4 nitrogen and oxygen atoms in total. The molecule has 0 aliphatic carbocycles. The standard InChI is InChI=1S/C14H22N2O2/c1-3-9-16-14(17)11-18-13-8-6-5-7-12(13)10-15-4-2/h5-8,15H,3-4,9-11H2,1-2H3,(H,16,17). The zero-order chi connectivity index (χ0) is 13.2. The Hall–Kier alpha value is -1.55. The first kappa shape index (κ1) is 14.5. The van der Waals surface area contributed by atoms with Crippen LogP contribution in [0.5, 0.6) is 5.75 Å². The molecule has 18 heavy (non-hydrogen) atoms. The van der Waals surface area contributed by atoms with Crippen molar-refractivity contribution in [2.45, 2.75) is 26.8 Å². The molecule has 0 bridgehead atoms. The van der Waals surface area contributed by atoms with Crippen LogP contribution in [-0.2, 0) is 11.3 Å². The fourth-order valence-electron chi connectivity index (χ4n) is 1.51. The molecule has 0 spiro atoms. The van der Waals surface area contributed by atoms with Gasteiger partial charge in [-0.3, -0.25) is 4.79 Å². The van der Waals surface area contributed by atoms with Gasteiger partial charge >= 0.3 is 0 Å². The number of carbonyl (C=O) groups excluding carboxylic acids is 1. The van der Waals surface area contributed by atoms with E-state index in [9.17, 15) is 4.79 Å². The molecular weight excluding hydrogens is 228 g/mol. The number of rotatable bonds is 8. The highest BCUT2D eigenvalue weighted by atomic mass is 16.5. The molecule has 0 saturated heterocycles. The van der Waals surface area contributed by atoms with Crippen LogP contribution in [0.2, 0.25) is 0 Å². The molecule has 0 heterocycles. The first-order chi connectivity index (χ1) is 8.77. The maximum absolute atomic E-state index is 11.4. The van der Waals surface area contributed by atoms with E-state index >= 15 is 0 Å². The molecule has 0 aliphatic rings. The third-order valence-corrected chi connectivity index (χ3v) is 2.47. The van der Waals surface area contributed by atoms with Gasteiger partial charge in [-0.05, 0) is 19.0 Å². The van der Waals surface area contributed by atoms with Gasteiger partial charge in [-0.25, -0.2) is 0 Å². The van der Waals surface area contributed by atoms with Gasteiger partial charge in [0.1, 0.15) is 5.75 Å². The van der Waals surface area contributed by atoms with E-state index in [0.29, 0.717) is 6.54 Å². The molecule has 1 amide bonds. The van der Waals surface area contributed by atoms with Crippen molar-refractivity contribution >= 4 is 5.91 Å². The summed E-state index contributed by atoms with van der Waals surface area (Å²) in [6.45, 7) is 6.51. The second-order valence-electron chi connectivity index (χ2n) is 4.03. The Morgan fingerprint density at radius 1 is 1.28 bits per heavy atom. The number of ether oxygens (including phenoxy) is 1. The SMILES string of the molecule is CCCNC(=O)COc1ccccc1CNCC. The van der Waals surface area contributed by atoms with E-state index in [2.05, 4.69) is 17.6 Å². The van der Waals surface area contributed by atoms with Crippen LogP contribution in [0, 0.1) is 0 Å². The summed E-state index contributed by atoms with van der Waals surface area (Å²) in [5.41, 5.74) is 1.07. The Balaban J connectivity index is 2.47. The highest BCUT2D eigenvalue weighted by molar-refractivity contribution is 5.77. The molecule has 0 fully saturated rings. The number of carbonyl (C=O) groups is 1. The van der Waals surface area contributed by atoms with E-state index in [4.69, 9.17) is 4.74 Å². The molecule has 1 rings (SSSR count). The fraction of sp³-hybridized carbons (Fsp3) is 0.500. The van der Waals surface area contributed by atoms with Gasteiger partial charge in [0.05, 0.1) is 0 Å². The topological polar surface area (TPSA) is 50.4 Å². The van der Waals surface area contributed by atoms with E-state index in [1.807, 2.05) is 31.2 Å². The van der Waals surface area contributed by atoms with Crippen molar-refractivity contribution in [3.05, 3.63) is 29.8 Å². The van der Waals surface area contributed by atoms with Gasteiger partial charge in [-0.15, -0.1) is 0 Å². The Bertz CT molecular complexity index is 367. The number of hydrogen-bond acceptors (Lipinski definition) is 3. The van der Waals surface area contributed by atoms with Crippen molar-refractivity contribution in [3.8, 4) is 5.75 Å². The highest BCUT2D eigenvalue weighted by Gasteiger charge is 2.05. The van der Waals surface area contributed by atoms with Crippen molar-refractivity contribution < 1.29 is 9.53 Å². The third kappa shape index (κ3) is 5.19. The van der Waals surface area contributed by atoms with Crippen LogP contribution in [0.25, 0.3) is 0 Å². The number of nitrogens with one attached hydrogen (secondary N) is 2. The summed E-state index contributed by atoms with van der Waals surface area (Å²) >= 11 is 0. The monoisotopic (exact) mass is 250 g/mol. The average molecular weight is 250 g/mol. The van der Waals surface area contributed by atoms with E-state index in [1.54, 1.807) is 0 Å². The summed E-state index contributed by atoms with van der Waals surface area (Å²) < 4.78 is 5.54. The molecule has 0 saturated carbocycles. The largest absolute Gasteiger partial charge is 0.483 e. The smallest absolute Gasteiger partial charge is 0.257 e. The van der Waals surface area contributed by atoms with Gasteiger partial charge in [-0.2, -0.15) is 0 Å². The molecule has 0 aliphatic heterocycles. The van der Waals surface area contributed by atoms with Crippen LogP contribution in [0.1, 0.15) is 25.8 Å². The Morgan fingerprint density at radius 3 is 2.78 bits per heavy atom. The Kier molecular flexibility index (Phi) is 6.87. The van der Waals surface area contributed by atoms with E-state index < -0.39 is 0 Å². The summed E-state index contributed by atoms with van der Waals surface area (Å²) in [6, 6.07) is 7.77. The maximum atomic E-state index is 11.4. The summed E-state index contributed by atoms with van der Waals surface area (Å²) in [5.74, 6) is 0.695. The number of hydrogen-bond donors (Lipinski definition) is 2. The zero-order valence-corrected chi connectivity index (χ0v) is 11.2. The molecule has 2 N–H and O–H groups in total. The van der Waals surface area contributed by atoms with Crippen LogP contribution >= 0.6 is 0 Å². The van der Waals surface area contributed by atoms with Crippen molar-refractivity contribution in [3.63, 3.8) is 0 Å². The van der Waals surface area contributed by atoms with E-state index in [0.717, 1.165) is 30.8 Å². The molecule has 100 valence electrons. The quantitative estimate of drug-likeness (QED) is 0.738. The minimum Gasteiger partial charge on any atom is -0.483 e. The van der Waals surface area contributed by atoms with Crippen molar-refractivity contribution in [1.29, 1.82) is 0 Å². The molecule has 0 atom stereocenters. The van der Waals surface area contributed by atoms with Gasteiger partial charge in [0, 0.05) is 18.7 Å². The van der Waals surface area contributed by atoms with Gasteiger partial charge in [0.15, 0.2) is 6.61 Å². The first-order valence-electron chi connectivity index (χ1n) is 6.46. The lowest BCUT2D eigenvalue weighted by molar-refractivity contribution is -0.123. The second kappa shape index (κ2) is 8.53. The molecular formula is C14H22N2O2. The zero-order valence-electron chi connectivity index (χ0n) is 11.2. The number of para-hydroxylation sites is 1. The van der Waals surface area contributed by atoms with Crippen LogP contribution in [-0.4, -0.2) is 25.6 Å². The Labute approximate surface area is 109 Å².